The molecule has 0 aromatic carbocycles. The average Bonchev–Trinajstić information content (AvgIpc) is 2.60. The van der Waals surface area contributed by atoms with E-state index in [4.69, 9.17) is 0 Å². The number of nitrogens with one attached hydrogen (secondary N) is 2. The minimum absolute atomic E-state index is 0.0758. The summed E-state index contributed by atoms with van der Waals surface area (Å²) in [5.74, 6) is 0.843. The molecular weight excluding hydrogens is 238 g/mol. The van der Waals surface area contributed by atoms with Crippen molar-refractivity contribution in [2.45, 2.75) is 39.6 Å². The Kier molecular flexibility index (Phi) is 3.99. The lowest BCUT2D eigenvalue weighted by Crippen LogP contribution is -2.33. The smallest absolute Gasteiger partial charge is 0.257 e. The average molecular weight is 259 g/mol. The van der Waals surface area contributed by atoms with Crippen LogP contribution in [-0.2, 0) is 10.0 Å². The van der Waals surface area contributed by atoms with Gasteiger partial charge in [0.15, 0.2) is 5.03 Å². The summed E-state index contributed by atoms with van der Waals surface area (Å²) in [7, 11) is -3.46. The summed E-state index contributed by atoms with van der Waals surface area (Å²) in [5, 5.41) is 0.121. The number of nitrogens with zero attached hydrogens (tertiary/aromatic N) is 1. The maximum Gasteiger partial charge on any atom is 0.257 e. The summed E-state index contributed by atoms with van der Waals surface area (Å²) in [6, 6.07) is 0. The molecule has 17 heavy (non-hydrogen) atoms. The fraction of sp³-hybridized carbons (Fsp3) is 0.727. The lowest BCUT2D eigenvalue weighted by molar-refractivity contribution is 0.263. The normalized spacial score (nSPS) is 14.9. The zero-order valence-electron chi connectivity index (χ0n) is 11.0. The molecule has 0 amide bonds. The molecule has 1 aromatic rings. The summed E-state index contributed by atoms with van der Waals surface area (Å²) in [5.41, 5.74) is 0.0758. The van der Waals surface area contributed by atoms with Gasteiger partial charge in [0.2, 0.25) is 0 Å². The second-order valence-corrected chi connectivity index (χ2v) is 7.19. The van der Waals surface area contributed by atoms with Gasteiger partial charge in [-0.25, -0.2) is 18.1 Å². The maximum absolute atomic E-state index is 11.9. The van der Waals surface area contributed by atoms with Crippen molar-refractivity contribution in [2.75, 3.05) is 6.54 Å². The van der Waals surface area contributed by atoms with Crippen molar-refractivity contribution in [1.82, 2.24) is 14.7 Å². The molecule has 1 heterocycles. The molecule has 6 heteroatoms. The quantitative estimate of drug-likeness (QED) is 0.864. The summed E-state index contributed by atoms with van der Waals surface area (Å²) in [6.07, 6.45) is 1.33. The van der Waals surface area contributed by atoms with Crippen molar-refractivity contribution in [2.24, 2.45) is 11.3 Å². The first-order valence-corrected chi connectivity index (χ1v) is 7.12. The second kappa shape index (κ2) is 4.78. The van der Waals surface area contributed by atoms with Gasteiger partial charge in [-0.05, 0) is 18.3 Å². The van der Waals surface area contributed by atoms with E-state index in [-0.39, 0.29) is 16.4 Å². The topological polar surface area (TPSA) is 74.8 Å². The lowest BCUT2D eigenvalue weighted by Gasteiger charge is -2.27. The molecule has 0 radical (unpaired) electrons. The number of aromatic nitrogens is 2. The van der Waals surface area contributed by atoms with Crippen LogP contribution in [0.15, 0.2) is 11.2 Å². The third-order valence-electron chi connectivity index (χ3n) is 3.03. The van der Waals surface area contributed by atoms with E-state index in [1.54, 1.807) is 6.92 Å². The van der Waals surface area contributed by atoms with Crippen LogP contribution in [0, 0.1) is 18.3 Å². The van der Waals surface area contributed by atoms with E-state index in [0.29, 0.717) is 12.4 Å². The summed E-state index contributed by atoms with van der Waals surface area (Å²) >= 11 is 0. The fourth-order valence-corrected chi connectivity index (χ4v) is 2.25. The Hall–Kier alpha value is -0.880. The number of hydrogen-bond acceptors (Lipinski definition) is 3. The molecule has 0 spiro atoms. The SMILES string of the molecule is Cc1ncc(S(=O)(=O)NCC(C)C(C)(C)C)[nH]1. The number of aromatic amines is 1. The van der Waals surface area contributed by atoms with Crippen LogP contribution in [-0.4, -0.2) is 24.9 Å². The zero-order valence-corrected chi connectivity index (χ0v) is 11.9. The molecule has 5 nitrogen and oxygen atoms in total. The molecule has 0 saturated carbocycles. The number of rotatable bonds is 4. The van der Waals surface area contributed by atoms with Crippen LogP contribution in [0.1, 0.15) is 33.5 Å². The Morgan fingerprint density at radius 3 is 2.47 bits per heavy atom. The van der Waals surface area contributed by atoms with E-state index >= 15 is 0 Å². The van der Waals surface area contributed by atoms with E-state index in [1.807, 2.05) is 6.92 Å². The first-order chi connectivity index (χ1) is 7.63. The van der Waals surface area contributed by atoms with Gasteiger partial charge in [0.1, 0.15) is 5.82 Å². The minimum Gasteiger partial charge on any atom is -0.332 e. The minimum atomic E-state index is -3.46. The zero-order chi connectivity index (χ0) is 13.3. The highest BCUT2D eigenvalue weighted by atomic mass is 32.2. The Balaban J connectivity index is 2.69. The highest BCUT2D eigenvalue weighted by Crippen LogP contribution is 2.24. The van der Waals surface area contributed by atoms with Crippen molar-refractivity contribution in [3.05, 3.63) is 12.0 Å². The van der Waals surface area contributed by atoms with Crippen molar-refractivity contribution in [3.8, 4) is 0 Å². The Labute approximate surface area is 103 Å². The van der Waals surface area contributed by atoms with Crippen LogP contribution in [0.3, 0.4) is 0 Å². The monoisotopic (exact) mass is 259 g/mol. The standard InChI is InChI=1S/C11H21N3O2S/c1-8(11(3,4)5)6-13-17(15,16)10-7-12-9(2)14-10/h7-8,13H,6H2,1-5H3,(H,12,14). The highest BCUT2D eigenvalue weighted by molar-refractivity contribution is 7.89. The van der Waals surface area contributed by atoms with Gasteiger partial charge in [-0.2, -0.15) is 0 Å². The molecule has 1 rings (SSSR count). The van der Waals surface area contributed by atoms with Crippen molar-refractivity contribution < 1.29 is 8.42 Å². The van der Waals surface area contributed by atoms with Crippen LogP contribution in [0.2, 0.25) is 0 Å². The van der Waals surface area contributed by atoms with Gasteiger partial charge >= 0.3 is 0 Å². The van der Waals surface area contributed by atoms with E-state index < -0.39 is 10.0 Å². The third kappa shape index (κ3) is 3.81. The highest BCUT2D eigenvalue weighted by Gasteiger charge is 2.23. The summed E-state index contributed by atoms with van der Waals surface area (Å²) < 4.78 is 26.4. The first-order valence-electron chi connectivity index (χ1n) is 5.64. The van der Waals surface area contributed by atoms with Gasteiger partial charge in [-0.15, -0.1) is 0 Å². The Morgan fingerprint density at radius 1 is 1.47 bits per heavy atom. The second-order valence-electron chi connectivity index (χ2n) is 5.45. The maximum atomic E-state index is 11.9. The largest absolute Gasteiger partial charge is 0.332 e. The molecule has 0 bridgehead atoms. The Bertz CT molecular complexity index is 471. The van der Waals surface area contributed by atoms with Crippen LogP contribution < -0.4 is 4.72 Å². The molecule has 1 aromatic heterocycles. The summed E-state index contributed by atoms with van der Waals surface area (Å²) in [4.78, 5) is 6.60. The molecule has 0 saturated heterocycles. The number of aryl methyl sites for hydroxylation is 1. The van der Waals surface area contributed by atoms with Gasteiger partial charge in [0.05, 0.1) is 6.20 Å². The van der Waals surface area contributed by atoms with E-state index in [9.17, 15) is 8.42 Å². The molecule has 98 valence electrons. The number of hydrogen-bond donors (Lipinski definition) is 2. The number of H-pyrrole nitrogens is 1. The van der Waals surface area contributed by atoms with Gasteiger partial charge in [-0.1, -0.05) is 27.7 Å². The van der Waals surface area contributed by atoms with Crippen LogP contribution in [0.4, 0.5) is 0 Å². The van der Waals surface area contributed by atoms with E-state index in [2.05, 4.69) is 35.5 Å². The van der Waals surface area contributed by atoms with E-state index in [0.717, 1.165) is 0 Å². The lowest BCUT2D eigenvalue weighted by atomic mass is 9.82. The molecule has 1 unspecified atom stereocenters. The summed E-state index contributed by atoms with van der Waals surface area (Å²) in [6.45, 7) is 10.4. The number of sulfonamides is 1. The fourth-order valence-electron chi connectivity index (χ4n) is 1.15. The predicted octanol–water partition coefficient (Wildman–Crippen LogP) is 1.68. The molecule has 0 aliphatic rings. The van der Waals surface area contributed by atoms with Gasteiger partial charge < -0.3 is 4.98 Å². The van der Waals surface area contributed by atoms with Crippen molar-refractivity contribution in [1.29, 1.82) is 0 Å². The van der Waals surface area contributed by atoms with Crippen molar-refractivity contribution >= 4 is 10.0 Å². The molecule has 0 aliphatic carbocycles. The molecule has 0 aliphatic heterocycles. The molecule has 0 fully saturated rings. The van der Waals surface area contributed by atoms with E-state index in [1.165, 1.54) is 6.20 Å². The van der Waals surface area contributed by atoms with Crippen molar-refractivity contribution in [3.63, 3.8) is 0 Å². The molecule has 2 N–H and O–H groups in total. The van der Waals surface area contributed by atoms with Crippen LogP contribution in [0.5, 0.6) is 0 Å². The Morgan fingerprint density at radius 2 is 2.06 bits per heavy atom. The third-order valence-corrected chi connectivity index (χ3v) is 4.36. The molecular formula is C11H21N3O2S. The number of imidazole rings is 1. The van der Waals surface area contributed by atoms with Crippen LogP contribution in [0.25, 0.3) is 0 Å². The molecule has 1 atom stereocenters. The first kappa shape index (κ1) is 14.2. The van der Waals surface area contributed by atoms with Gasteiger partial charge in [0, 0.05) is 6.54 Å². The van der Waals surface area contributed by atoms with Gasteiger partial charge in [0.25, 0.3) is 10.0 Å². The predicted molar refractivity (Wildman–Crippen MR) is 67.1 cm³/mol. The van der Waals surface area contributed by atoms with Crippen LogP contribution >= 0.6 is 0 Å². The van der Waals surface area contributed by atoms with Gasteiger partial charge in [-0.3, -0.25) is 0 Å².